The van der Waals surface area contributed by atoms with Gasteiger partial charge >= 0.3 is 5.69 Å². The van der Waals surface area contributed by atoms with Crippen LogP contribution in [0.2, 0.25) is 0 Å². The normalized spacial score (nSPS) is 11.5. The summed E-state index contributed by atoms with van der Waals surface area (Å²) in [6.45, 7) is 6.96. The molecule has 1 aromatic rings. The van der Waals surface area contributed by atoms with Crippen molar-refractivity contribution in [3.8, 4) is 11.5 Å². The van der Waals surface area contributed by atoms with E-state index in [-0.39, 0.29) is 5.69 Å². The minimum absolute atomic E-state index is 0.188. The molecule has 0 aliphatic carbocycles. The van der Waals surface area contributed by atoms with Gasteiger partial charge in [-0.15, -0.1) is 0 Å². The van der Waals surface area contributed by atoms with E-state index >= 15 is 0 Å². The van der Waals surface area contributed by atoms with Crippen LogP contribution in [0.1, 0.15) is 30.4 Å². The molecule has 0 aromatic heterocycles. The van der Waals surface area contributed by atoms with E-state index < -0.39 is 11.2 Å². The summed E-state index contributed by atoms with van der Waals surface area (Å²) in [4.78, 5) is 34.7. The largest absolute Gasteiger partial charge is 0.349 e. The Morgan fingerprint density at radius 1 is 1.07 bits per heavy atom. The standard InChI is InChI=1S/C19H26N6O2/c1-12-10-14-15(11-13(12)2)25(9-8-21-7-5-3-4-6-20)17-16(22-14)18(26)24-19(27)23-17/h10-11,21H,3-9,20H2,1-2H3,(H,24,26,27). The summed E-state index contributed by atoms with van der Waals surface area (Å²) in [6.07, 6.45) is 3.21. The fourth-order valence-electron chi connectivity index (χ4n) is 3.16. The van der Waals surface area contributed by atoms with Gasteiger partial charge in [0.05, 0.1) is 11.0 Å². The number of H-pyrrole nitrogens is 1. The average molecular weight is 370 g/mol. The van der Waals surface area contributed by atoms with Crippen molar-refractivity contribution < 1.29 is 0 Å². The number of rotatable bonds is 8. The minimum atomic E-state index is -0.652. The highest BCUT2D eigenvalue weighted by atomic mass is 16.2. The van der Waals surface area contributed by atoms with Gasteiger partial charge < -0.3 is 15.6 Å². The highest BCUT2D eigenvalue weighted by Gasteiger charge is 2.18. The van der Waals surface area contributed by atoms with E-state index in [9.17, 15) is 9.59 Å². The topological polar surface area (TPSA) is 119 Å². The number of benzene rings is 1. The summed E-state index contributed by atoms with van der Waals surface area (Å²) < 4.78 is 1.91. The summed E-state index contributed by atoms with van der Waals surface area (Å²) in [7, 11) is 0. The van der Waals surface area contributed by atoms with Gasteiger partial charge in [-0.25, -0.2) is 9.78 Å². The van der Waals surface area contributed by atoms with Gasteiger partial charge in [-0.2, -0.15) is 4.98 Å². The van der Waals surface area contributed by atoms with Crippen LogP contribution in [0.25, 0.3) is 22.6 Å². The molecule has 0 radical (unpaired) electrons. The summed E-state index contributed by atoms with van der Waals surface area (Å²) >= 11 is 0. The number of nitrogens with zero attached hydrogens (tertiary/aromatic N) is 3. The predicted octanol–water partition coefficient (Wildman–Crippen LogP) is 0.920. The molecule has 2 aliphatic rings. The maximum absolute atomic E-state index is 12.2. The molecule has 3 rings (SSSR count). The van der Waals surface area contributed by atoms with Gasteiger partial charge in [0, 0.05) is 13.1 Å². The van der Waals surface area contributed by atoms with E-state index in [0.717, 1.165) is 54.5 Å². The Labute approximate surface area is 157 Å². The number of fused-ring (bicyclic) bond motifs is 2. The number of aryl methyl sites for hydroxylation is 2. The predicted molar refractivity (Wildman–Crippen MR) is 106 cm³/mol. The third-order valence-electron chi connectivity index (χ3n) is 4.79. The van der Waals surface area contributed by atoms with Crippen LogP contribution in [0.15, 0.2) is 21.7 Å². The zero-order valence-corrected chi connectivity index (χ0v) is 15.8. The minimum Gasteiger partial charge on any atom is -0.330 e. The number of hydrogen-bond donors (Lipinski definition) is 3. The Bertz CT molecular complexity index is 1020. The molecule has 2 aliphatic heterocycles. The molecule has 0 spiro atoms. The average Bonchev–Trinajstić information content (AvgIpc) is 2.62. The van der Waals surface area contributed by atoms with Crippen molar-refractivity contribution in [2.75, 3.05) is 19.6 Å². The molecule has 0 amide bonds. The zero-order chi connectivity index (χ0) is 19.4. The smallest absolute Gasteiger partial charge is 0.330 e. The first-order valence-corrected chi connectivity index (χ1v) is 9.34. The lowest BCUT2D eigenvalue weighted by Crippen LogP contribution is -2.30. The number of nitrogens with one attached hydrogen (secondary N) is 2. The third-order valence-corrected chi connectivity index (χ3v) is 4.79. The Morgan fingerprint density at radius 3 is 2.63 bits per heavy atom. The molecule has 8 nitrogen and oxygen atoms in total. The van der Waals surface area contributed by atoms with Gasteiger partial charge in [0.1, 0.15) is 0 Å². The van der Waals surface area contributed by atoms with Crippen LogP contribution in [-0.4, -0.2) is 39.2 Å². The maximum atomic E-state index is 12.2. The molecule has 4 N–H and O–H groups in total. The van der Waals surface area contributed by atoms with E-state index in [1.807, 2.05) is 30.5 Å². The van der Waals surface area contributed by atoms with Crippen LogP contribution in [0, 0.1) is 13.8 Å². The Morgan fingerprint density at radius 2 is 1.85 bits per heavy atom. The highest BCUT2D eigenvalue weighted by molar-refractivity contribution is 5.81. The van der Waals surface area contributed by atoms with E-state index in [1.165, 1.54) is 0 Å². The first-order valence-electron chi connectivity index (χ1n) is 9.34. The molecule has 0 unspecified atom stereocenters. The van der Waals surface area contributed by atoms with Gasteiger partial charge in [0.2, 0.25) is 0 Å². The Balaban J connectivity index is 1.96. The highest BCUT2D eigenvalue weighted by Crippen LogP contribution is 2.23. The van der Waals surface area contributed by atoms with Crippen LogP contribution in [0.3, 0.4) is 0 Å². The quantitative estimate of drug-likeness (QED) is 0.401. The summed E-state index contributed by atoms with van der Waals surface area (Å²) in [5.74, 6) is 0.324. The number of nitrogens with two attached hydrogens (primary N) is 1. The van der Waals surface area contributed by atoms with Crippen molar-refractivity contribution in [2.45, 2.75) is 39.7 Å². The lowest BCUT2D eigenvalue weighted by Gasteiger charge is -2.18. The molecule has 0 bridgehead atoms. The molecule has 2 heterocycles. The molecule has 144 valence electrons. The summed E-state index contributed by atoms with van der Waals surface area (Å²) in [5, 5.41) is 3.40. The lowest BCUT2D eigenvalue weighted by molar-refractivity contribution is 0.568. The van der Waals surface area contributed by atoms with Crippen molar-refractivity contribution in [2.24, 2.45) is 5.73 Å². The van der Waals surface area contributed by atoms with Crippen molar-refractivity contribution >= 4 is 11.0 Å². The van der Waals surface area contributed by atoms with Crippen LogP contribution >= 0.6 is 0 Å². The van der Waals surface area contributed by atoms with Crippen LogP contribution in [0.4, 0.5) is 0 Å². The summed E-state index contributed by atoms with van der Waals surface area (Å²) in [6, 6.07) is 4.00. The van der Waals surface area contributed by atoms with E-state index in [1.54, 1.807) is 0 Å². The lowest BCUT2D eigenvalue weighted by atomic mass is 10.1. The van der Waals surface area contributed by atoms with Crippen molar-refractivity contribution in [3.05, 3.63) is 44.1 Å². The van der Waals surface area contributed by atoms with Gasteiger partial charge in [0.15, 0.2) is 11.5 Å². The first-order chi connectivity index (χ1) is 13.0. The summed E-state index contributed by atoms with van der Waals surface area (Å²) in [5.41, 5.74) is 8.35. The molecule has 8 heteroatoms. The van der Waals surface area contributed by atoms with Crippen molar-refractivity contribution in [3.63, 3.8) is 0 Å². The number of hydrogen-bond acceptors (Lipinski definition) is 6. The van der Waals surface area contributed by atoms with Gasteiger partial charge in [-0.05, 0) is 63.0 Å². The van der Waals surface area contributed by atoms with E-state index in [4.69, 9.17) is 5.73 Å². The van der Waals surface area contributed by atoms with Crippen molar-refractivity contribution in [1.82, 2.24) is 24.8 Å². The molecule has 0 saturated heterocycles. The fraction of sp³-hybridized carbons (Fsp3) is 0.474. The fourth-order valence-corrected chi connectivity index (χ4v) is 3.16. The molecule has 27 heavy (non-hydrogen) atoms. The molecule has 0 fully saturated rings. The first kappa shape index (κ1) is 19.2. The molecule has 0 atom stereocenters. The SMILES string of the molecule is Cc1cc2nc3c(=O)[nH]c(=O)nc-3n(CCNCCCCCN)c2cc1C. The molecule has 0 saturated carbocycles. The maximum Gasteiger partial charge on any atom is 0.349 e. The van der Waals surface area contributed by atoms with Gasteiger partial charge in [-0.3, -0.25) is 9.78 Å². The number of aromatic nitrogens is 4. The van der Waals surface area contributed by atoms with Gasteiger partial charge in [-0.1, -0.05) is 6.42 Å². The second-order valence-corrected chi connectivity index (χ2v) is 6.83. The second kappa shape index (κ2) is 8.41. The van der Waals surface area contributed by atoms with Crippen LogP contribution < -0.4 is 22.3 Å². The monoisotopic (exact) mass is 370 g/mol. The van der Waals surface area contributed by atoms with Crippen LogP contribution in [0.5, 0.6) is 0 Å². The molecular weight excluding hydrogens is 344 g/mol. The Hall–Kier alpha value is -2.58. The Kier molecular flexibility index (Phi) is 5.98. The van der Waals surface area contributed by atoms with E-state index in [0.29, 0.717) is 18.9 Å². The van der Waals surface area contributed by atoms with Gasteiger partial charge in [0.25, 0.3) is 5.56 Å². The van der Waals surface area contributed by atoms with Crippen molar-refractivity contribution in [1.29, 1.82) is 0 Å². The van der Waals surface area contributed by atoms with E-state index in [2.05, 4.69) is 20.3 Å². The molecule has 1 aromatic carbocycles. The number of unbranched alkanes of at least 4 members (excludes halogenated alkanes) is 2. The third kappa shape index (κ3) is 4.23. The second-order valence-electron chi connectivity index (χ2n) is 6.83. The zero-order valence-electron chi connectivity index (χ0n) is 15.8. The van der Waals surface area contributed by atoms with Crippen LogP contribution in [-0.2, 0) is 6.54 Å². The molecular formula is C19H26N6O2. The number of aromatic amines is 1.